The van der Waals surface area contributed by atoms with Gasteiger partial charge in [0.2, 0.25) is 0 Å². The molecule has 4 unspecified atom stereocenters. The normalized spacial score (nSPS) is 42.4. The Labute approximate surface area is 87.6 Å². The molecular weight excluding hydrogens is 172 g/mol. The summed E-state index contributed by atoms with van der Waals surface area (Å²) in [4.78, 5) is 0. The van der Waals surface area contributed by atoms with Crippen LogP contribution in [0.3, 0.4) is 0 Å². The molecule has 0 saturated heterocycles. The van der Waals surface area contributed by atoms with Gasteiger partial charge in [-0.05, 0) is 56.5 Å². The topological polar surface area (TPSA) is 38.0 Å². The molecule has 2 fully saturated rings. The molecule has 2 heteroatoms. The van der Waals surface area contributed by atoms with E-state index in [0.29, 0.717) is 6.04 Å². The zero-order chi connectivity index (χ0) is 9.97. The van der Waals surface area contributed by atoms with Crippen molar-refractivity contribution in [1.29, 1.82) is 0 Å². The predicted octanol–water partition coefficient (Wildman–Crippen LogP) is 1.75. The van der Waals surface area contributed by atoms with Gasteiger partial charge >= 0.3 is 0 Å². The standard InChI is InChI=1S/C12H24N2/c1-9-5-11(9)8-14-7-10-3-2-4-12(13)6-10/h9-12,14H,2-8,13H2,1H3. The van der Waals surface area contributed by atoms with Gasteiger partial charge in [-0.25, -0.2) is 0 Å². The van der Waals surface area contributed by atoms with Gasteiger partial charge in [0.1, 0.15) is 0 Å². The van der Waals surface area contributed by atoms with Crippen molar-refractivity contribution in [3.63, 3.8) is 0 Å². The predicted molar refractivity (Wildman–Crippen MR) is 60.1 cm³/mol. The van der Waals surface area contributed by atoms with Gasteiger partial charge in [0.05, 0.1) is 0 Å². The van der Waals surface area contributed by atoms with Gasteiger partial charge in [-0.1, -0.05) is 13.3 Å². The van der Waals surface area contributed by atoms with Crippen molar-refractivity contribution in [3.05, 3.63) is 0 Å². The molecule has 2 saturated carbocycles. The molecule has 2 nitrogen and oxygen atoms in total. The minimum Gasteiger partial charge on any atom is -0.328 e. The maximum absolute atomic E-state index is 5.96. The van der Waals surface area contributed by atoms with Crippen LogP contribution in [0.25, 0.3) is 0 Å². The Morgan fingerprint density at radius 1 is 1.21 bits per heavy atom. The third-order valence-corrected chi connectivity index (χ3v) is 3.94. The number of nitrogens with two attached hydrogens (primary N) is 1. The van der Waals surface area contributed by atoms with E-state index in [4.69, 9.17) is 5.73 Å². The van der Waals surface area contributed by atoms with E-state index >= 15 is 0 Å². The summed E-state index contributed by atoms with van der Waals surface area (Å²) in [6.45, 7) is 4.80. The fourth-order valence-corrected chi connectivity index (χ4v) is 2.67. The monoisotopic (exact) mass is 196 g/mol. The van der Waals surface area contributed by atoms with Gasteiger partial charge < -0.3 is 11.1 Å². The summed E-state index contributed by atoms with van der Waals surface area (Å²) in [5.74, 6) is 2.82. The van der Waals surface area contributed by atoms with E-state index in [1.54, 1.807) is 0 Å². The van der Waals surface area contributed by atoms with E-state index in [1.807, 2.05) is 0 Å². The van der Waals surface area contributed by atoms with E-state index < -0.39 is 0 Å². The van der Waals surface area contributed by atoms with E-state index in [0.717, 1.165) is 17.8 Å². The summed E-state index contributed by atoms with van der Waals surface area (Å²) in [6.07, 6.45) is 6.66. The summed E-state index contributed by atoms with van der Waals surface area (Å²) in [5, 5.41) is 3.61. The molecule has 0 heterocycles. The molecule has 0 amide bonds. The van der Waals surface area contributed by atoms with Crippen LogP contribution in [0.1, 0.15) is 39.0 Å². The highest BCUT2D eigenvalue weighted by molar-refractivity contribution is 4.84. The van der Waals surface area contributed by atoms with Crippen LogP contribution in [0.5, 0.6) is 0 Å². The van der Waals surface area contributed by atoms with Crippen LogP contribution in [-0.2, 0) is 0 Å². The molecule has 82 valence electrons. The molecule has 0 aromatic rings. The Kier molecular flexibility index (Phi) is 3.45. The van der Waals surface area contributed by atoms with Crippen LogP contribution < -0.4 is 11.1 Å². The summed E-state index contributed by atoms with van der Waals surface area (Å²) < 4.78 is 0. The number of hydrogen-bond acceptors (Lipinski definition) is 2. The van der Waals surface area contributed by atoms with Crippen LogP contribution in [-0.4, -0.2) is 19.1 Å². The first-order valence-electron chi connectivity index (χ1n) is 6.22. The fourth-order valence-electron chi connectivity index (χ4n) is 2.67. The molecular formula is C12H24N2. The lowest BCUT2D eigenvalue weighted by Crippen LogP contribution is -2.34. The molecule has 0 aromatic carbocycles. The maximum Gasteiger partial charge on any atom is 0.00419 e. The highest BCUT2D eigenvalue weighted by Gasteiger charge is 2.31. The van der Waals surface area contributed by atoms with Crippen LogP contribution in [0.2, 0.25) is 0 Å². The van der Waals surface area contributed by atoms with Gasteiger partial charge in [-0.15, -0.1) is 0 Å². The van der Waals surface area contributed by atoms with Gasteiger partial charge in [0.25, 0.3) is 0 Å². The zero-order valence-corrected chi connectivity index (χ0v) is 9.34. The molecule has 0 radical (unpaired) electrons. The minimum absolute atomic E-state index is 0.482. The molecule has 2 aliphatic rings. The number of nitrogens with one attached hydrogen (secondary N) is 1. The lowest BCUT2D eigenvalue weighted by molar-refractivity contribution is 0.309. The van der Waals surface area contributed by atoms with Crippen LogP contribution in [0.4, 0.5) is 0 Å². The molecule has 2 rings (SSSR count). The van der Waals surface area contributed by atoms with E-state index in [9.17, 15) is 0 Å². The van der Waals surface area contributed by atoms with Crippen molar-refractivity contribution >= 4 is 0 Å². The van der Waals surface area contributed by atoms with Crippen molar-refractivity contribution in [2.45, 2.75) is 45.1 Å². The second-order valence-electron chi connectivity index (χ2n) is 5.42. The van der Waals surface area contributed by atoms with Gasteiger partial charge in [-0.2, -0.15) is 0 Å². The molecule has 0 bridgehead atoms. The lowest BCUT2D eigenvalue weighted by atomic mass is 9.86. The first kappa shape index (κ1) is 10.4. The number of rotatable bonds is 4. The Morgan fingerprint density at radius 3 is 2.64 bits per heavy atom. The Hall–Kier alpha value is -0.0800. The largest absolute Gasteiger partial charge is 0.328 e. The smallest absolute Gasteiger partial charge is 0.00419 e. The zero-order valence-electron chi connectivity index (χ0n) is 9.34. The van der Waals surface area contributed by atoms with Crippen molar-refractivity contribution in [2.24, 2.45) is 23.5 Å². The maximum atomic E-state index is 5.96. The van der Waals surface area contributed by atoms with Gasteiger partial charge in [-0.3, -0.25) is 0 Å². The Morgan fingerprint density at radius 2 is 2.00 bits per heavy atom. The van der Waals surface area contributed by atoms with Gasteiger partial charge in [0, 0.05) is 6.04 Å². The summed E-state index contributed by atoms with van der Waals surface area (Å²) in [7, 11) is 0. The quantitative estimate of drug-likeness (QED) is 0.719. The average molecular weight is 196 g/mol. The average Bonchev–Trinajstić information content (AvgIpc) is 2.82. The minimum atomic E-state index is 0.482. The highest BCUT2D eigenvalue weighted by atomic mass is 14.9. The first-order chi connectivity index (χ1) is 6.75. The van der Waals surface area contributed by atoms with Crippen LogP contribution in [0.15, 0.2) is 0 Å². The third-order valence-electron chi connectivity index (χ3n) is 3.94. The van der Waals surface area contributed by atoms with E-state index in [-0.39, 0.29) is 0 Å². The van der Waals surface area contributed by atoms with E-state index in [2.05, 4.69) is 12.2 Å². The molecule has 0 aliphatic heterocycles. The molecule has 3 N–H and O–H groups in total. The second kappa shape index (κ2) is 4.63. The Balaban J connectivity index is 1.55. The first-order valence-corrected chi connectivity index (χ1v) is 6.22. The molecule has 0 aromatic heterocycles. The van der Waals surface area contributed by atoms with Gasteiger partial charge in [0.15, 0.2) is 0 Å². The van der Waals surface area contributed by atoms with Crippen molar-refractivity contribution in [2.75, 3.05) is 13.1 Å². The molecule has 0 spiro atoms. The second-order valence-corrected chi connectivity index (χ2v) is 5.42. The summed E-state index contributed by atoms with van der Waals surface area (Å²) >= 11 is 0. The van der Waals surface area contributed by atoms with Crippen LogP contribution in [0, 0.1) is 17.8 Å². The third kappa shape index (κ3) is 2.96. The SMILES string of the molecule is CC1CC1CNCC1CCCC(N)C1. The summed E-state index contributed by atoms with van der Waals surface area (Å²) in [5.41, 5.74) is 5.96. The van der Waals surface area contributed by atoms with Crippen molar-refractivity contribution in [1.82, 2.24) is 5.32 Å². The highest BCUT2D eigenvalue weighted by Crippen LogP contribution is 2.36. The lowest BCUT2D eigenvalue weighted by Gasteiger charge is -2.26. The Bertz CT molecular complexity index is 181. The molecule has 14 heavy (non-hydrogen) atoms. The van der Waals surface area contributed by atoms with Crippen molar-refractivity contribution in [3.8, 4) is 0 Å². The number of hydrogen-bond donors (Lipinski definition) is 2. The van der Waals surface area contributed by atoms with Crippen LogP contribution >= 0.6 is 0 Å². The molecule has 2 aliphatic carbocycles. The van der Waals surface area contributed by atoms with E-state index in [1.165, 1.54) is 45.2 Å². The summed E-state index contributed by atoms with van der Waals surface area (Å²) in [6, 6.07) is 0.482. The van der Waals surface area contributed by atoms with Crippen molar-refractivity contribution < 1.29 is 0 Å². The molecule has 4 atom stereocenters. The fraction of sp³-hybridized carbons (Fsp3) is 1.00.